The van der Waals surface area contributed by atoms with E-state index in [4.69, 9.17) is 4.52 Å². The summed E-state index contributed by atoms with van der Waals surface area (Å²) < 4.78 is 6.47. The van der Waals surface area contributed by atoms with Crippen LogP contribution < -0.4 is 10.6 Å². The highest BCUT2D eigenvalue weighted by molar-refractivity contribution is 9.10. The molecule has 0 unspecified atom stereocenters. The summed E-state index contributed by atoms with van der Waals surface area (Å²) in [6.07, 6.45) is 4.16. The predicted molar refractivity (Wildman–Crippen MR) is 101 cm³/mol. The van der Waals surface area contributed by atoms with Gasteiger partial charge in [0.05, 0.1) is 17.0 Å². The maximum Gasteiger partial charge on any atom is 0.404 e. The fourth-order valence-corrected chi connectivity index (χ4v) is 2.69. The summed E-state index contributed by atoms with van der Waals surface area (Å²) >= 11 is 3.11. The number of carbonyl (C=O) groups excluding carboxylic acids is 2. The molecule has 0 aliphatic heterocycles. The SMILES string of the molecule is Cc1c(Br)c([N+](=O)[O-])nn1Cc1noc(C(=O)NCCNC(=O)c2cnccn2)n1. The molecule has 0 aliphatic carbocycles. The molecular formula is C15H14BrN9O5. The number of carbonyl (C=O) groups is 2. The summed E-state index contributed by atoms with van der Waals surface area (Å²) in [6, 6.07) is 0. The lowest BCUT2D eigenvalue weighted by atomic mass is 10.4. The van der Waals surface area contributed by atoms with Crippen LogP contribution in [0.15, 0.2) is 27.6 Å². The Bertz CT molecular complexity index is 1080. The van der Waals surface area contributed by atoms with Crippen LogP contribution in [0.2, 0.25) is 0 Å². The number of aromatic nitrogens is 6. The third-order valence-electron chi connectivity index (χ3n) is 3.73. The smallest absolute Gasteiger partial charge is 0.358 e. The van der Waals surface area contributed by atoms with Crippen molar-refractivity contribution in [3.05, 3.63) is 56.3 Å². The van der Waals surface area contributed by atoms with Crippen LogP contribution in [-0.2, 0) is 6.54 Å². The fourth-order valence-electron chi connectivity index (χ4n) is 2.26. The Labute approximate surface area is 176 Å². The summed E-state index contributed by atoms with van der Waals surface area (Å²) in [6.45, 7) is 1.86. The van der Waals surface area contributed by atoms with Gasteiger partial charge in [0.1, 0.15) is 16.7 Å². The molecule has 0 fully saturated rings. The van der Waals surface area contributed by atoms with Crippen LogP contribution in [0.5, 0.6) is 0 Å². The van der Waals surface area contributed by atoms with Crippen molar-refractivity contribution >= 4 is 33.6 Å². The van der Waals surface area contributed by atoms with E-state index < -0.39 is 16.7 Å². The molecule has 0 bridgehead atoms. The highest BCUT2D eigenvalue weighted by atomic mass is 79.9. The molecule has 3 aromatic rings. The molecule has 15 heteroatoms. The van der Waals surface area contributed by atoms with Crippen molar-refractivity contribution in [1.29, 1.82) is 0 Å². The monoisotopic (exact) mass is 479 g/mol. The molecular weight excluding hydrogens is 466 g/mol. The summed E-state index contributed by atoms with van der Waals surface area (Å²) in [5, 5.41) is 23.6. The molecule has 2 amide bonds. The van der Waals surface area contributed by atoms with Crippen molar-refractivity contribution in [2.45, 2.75) is 13.5 Å². The van der Waals surface area contributed by atoms with Crippen molar-refractivity contribution in [1.82, 2.24) is 40.5 Å². The fraction of sp³-hybridized carbons (Fsp3) is 0.267. The van der Waals surface area contributed by atoms with Gasteiger partial charge in [0.15, 0.2) is 5.82 Å². The molecule has 0 radical (unpaired) electrons. The average molecular weight is 480 g/mol. The first-order chi connectivity index (χ1) is 14.4. The van der Waals surface area contributed by atoms with Gasteiger partial charge in [-0.2, -0.15) is 9.67 Å². The molecule has 0 atom stereocenters. The van der Waals surface area contributed by atoms with Gasteiger partial charge in [0.2, 0.25) is 0 Å². The van der Waals surface area contributed by atoms with Gasteiger partial charge in [-0.1, -0.05) is 5.16 Å². The van der Waals surface area contributed by atoms with Crippen LogP contribution in [0.1, 0.15) is 32.7 Å². The summed E-state index contributed by atoms with van der Waals surface area (Å²) in [5.74, 6) is -1.57. The lowest BCUT2D eigenvalue weighted by Crippen LogP contribution is -2.35. The Morgan fingerprint density at radius 1 is 1.27 bits per heavy atom. The lowest BCUT2D eigenvalue weighted by molar-refractivity contribution is -0.390. The summed E-state index contributed by atoms with van der Waals surface area (Å²) in [4.78, 5) is 45.8. The Hall–Kier alpha value is -3.75. The molecule has 0 spiro atoms. The standard InChI is InChI=1S/C15H14BrN9O5/c1-8-11(16)12(25(28)29)22-24(8)7-10-21-15(30-23-10)14(27)20-5-4-19-13(26)9-6-17-2-3-18-9/h2-3,6H,4-5,7H2,1H3,(H,19,26)(H,20,27). The van der Waals surface area contributed by atoms with Gasteiger partial charge < -0.3 is 25.3 Å². The molecule has 3 heterocycles. The first kappa shape index (κ1) is 21.0. The van der Waals surface area contributed by atoms with E-state index in [0.717, 1.165) is 0 Å². The molecule has 2 N–H and O–H groups in total. The molecule has 0 saturated heterocycles. The van der Waals surface area contributed by atoms with Gasteiger partial charge in [-0.05, 0) is 27.8 Å². The van der Waals surface area contributed by atoms with Gasteiger partial charge >= 0.3 is 17.6 Å². The number of nitrogens with zero attached hydrogens (tertiary/aromatic N) is 7. The largest absolute Gasteiger partial charge is 0.404 e. The van der Waals surface area contributed by atoms with E-state index >= 15 is 0 Å². The minimum absolute atomic E-state index is 0.0246. The van der Waals surface area contributed by atoms with Crippen LogP contribution in [0.4, 0.5) is 5.82 Å². The third kappa shape index (κ3) is 4.80. The minimum Gasteiger partial charge on any atom is -0.358 e. The molecule has 0 saturated carbocycles. The molecule has 0 aromatic carbocycles. The van der Waals surface area contributed by atoms with Crippen molar-refractivity contribution in [2.75, 3.05) is 13.1 Å². The molecule has 14 nitrogen and oxygen atoms in total. The van der Waals surface area contributed by atoms with Crippen LogP contribution in [-0.4, -0.2) is 59.7 Å². The maximum absolute atomic E-state index is 12.1. The number of amides is 2. The molecule has 3 aromatic heterocycles. The normalized spacial score (nSPS) is 10.6. The Morgan fingerprint density at radius 3 is 2.63 bits per heavy atom. The second-order valence-corrected chi connectivity index (χ2v) is 6.55. The quantitative estimate of drug-likeness (QED) is 0.257. The first-order valence-corrected chi connectivity index (χ1v) is 9.18. The van der Waals surface area contributed by atoms with Crippen LogP contribution in [0.3, 0.4) is 0 Å². The van der Waals surface area contributed by atoms with Gasteiger partial charge in [-0.25, -0.2) is 4.98 Å². The van der Waals surface area contributed by atoms with Crippen molar-refractivity contribution in [2.24, 2.45) is 0 Å². The zero-order valence-electron chi connectivity index (χ0n) is 15.4. The summed E-state index contributed by atoms with van der Waals surface area (Å²) in [7, 11) is 0. The molecule has 3 rings (SSSR count). The van der Waals surface area contributed by atoms with Crippen molar-refractivity contribution in [3.8, 4) is 0 Å². The number of nitro groups is 1. The van der Waals surface area contributed by atoms with E-state index in [1.165, 1.54) is 23.3 Å². The zero-order valence-corrected chi connectivity index (χ0v) is 17.0. The van der Waals surface area contributed by atoms with Gasteiger partial charge in [0, 0.05) is 25.5 Å². The number of rotatable bonds is 8. The van der Waals surface area contributed by atoms with Crippen LogP contribution in [0, 0.1) is 17.0 Å². The van der Waals surface area contributed by atoms with E-state index in [2.05, 4.69) is 51.8 Å². The number of hydrogen-bond donors (Lipinski definition) is 2. The highest BCUT2D eigenvalue weighted by Crippen LogP contribution is 2.27. The first-order valence-electron chi connectivity index (χ1n) is 8.39. The maximum atomic E-state index is 12.1. The Kier molecular flexibility index (Phi) is 6.41. The number of hydrogen-bond acceptors (Lipinski definition) is 10. The zero-order chi connectivity index (χ0) is 21.7. The second kappa shape index (κ2) is 9.17. The van der Waals surface area contributed by atoms with Crippen LogP contribution in [0.25, 0.3) is 0 Å². The van der Waals surface area contributed by atoms with Gasteiger partial charge in [-0.3, -0.25) is 14.6 Å². The van der Waals surface area contributed by atoms with E-state index in [0.29, 0.717) is 5.69 Å². The van der Waals surface area contributed by atoms with E-state index in [1.807, 2.05) is 0 Å². The van der Waals surface area contributed by atoms with E-state index in [9.17, 15) is 19.7 Å². The number of halogens is 1. The molecule has 156 valence electrons. The second-order valence-electron chi connectivity index (χ2n) is 5.76. The lowest BCUT2D eigenvalue weighted by Gasteiger charge is -2.04. The minimum atomic E-state index is -0.633. The topological polar surface area (TPSA) is 184 Å². The summed E-state index contributed by atoms with van der Waals surface area (Å²) in [5.41, 5.74) is 0.655. The molecule has 30 heavy (non-hydrogen) atoms. The Balaban J connectivity index is 1.51. The average Bonchev–Trinajstić information content (AvgIpc) is 3.32. The van der Waals surface area contributed by atoms with Crippen molar-refractivity contribution < 1.29 is 19.0 Å². The van der Waals surface area contributed by atoms with Crippen molar-refractivity contribution in [3.63, 3.8) is 0 Å². The van der Waals surface area contributed by atoms with E-state index in [-0.39, 0.29) is 47.3 Å². The van der Waals surface area contributed by atoms with Gasteiger partial charge in [0.25, 0.3) is 5.91 Å². The molecule has 0 aliphatic rings. The number of nitrogens with one attached hydrogen (secondary N) is 2. The van der Waals surface area contributed by atoms with Crippen LogP contribution >= 0.6 is 15.9 Å². The Morgan fingerprint density at radius 2 is 2.00 bits per heavy atom. The van der Waals surface area contributed by atoms with E-state index in [1.54, 1.807) is 6.92 Å². The highest BCUT2D eigenvalue weighted by Gasteiger charge is 2.25. The third-order valence-corrected chi connectivity index (χ3v) is 4.66. The van der Waals surface area contributed by atoms with Gasteiger partial charge in [-0.15, -0.1) is 0 Å². The predicted octanol–water partition coefficient (Wildman–Crippen LogP) is 0.243.